The smallest absolute Gasteiger partial charge is 0.294 e. The van der Waals surface area contributed by atoms with Crippen LogP contribution in [0, 0.1) is 0 Å². The molecule has 0 spiro atoms. The first-order valence-corrected chi connectivity index (χ1v) is 6.90. The molecule has 0 saturated carbocycles. The number of benzene rings is 2. The minimum absolute atomic E-state index is 0.177. The van der Waals surface area contributed by atoms with Gasteiger partial charge in [-0.3, -0.25) is 4.79 Å². The van der Waals surface area contributed by atoms with E-state index >= 15 is 0 Å². The molecular formula is C17H15NO4. The Bertz CT molecular complexity index is 665. The Kier molecular flexibility index (Phi) is 4.25. The highest BCUT2D eigenvalue weighted by Gasteiger charge is 2.14. The zero-order valence-electron chi connectivity index (χ0n) is 11.8. The fourth-order valence-electron chi connectivity index (χ4n) is 1.91. The number of rotatable bonds is 4. The molecule has 0 unspecified atom stereocenters. The molecule has 0 saturated heterocycles. The molecule has 3 rings (SSSR count). The van der Waals surface area contributed by atoms with E-state index in [4.69, 9.17) is 14.2 Å². The van der Waals surface area contributed by atoms with Crippen LogP contribution in [-0.4, -0.2) is 19.1 Å². The average molecular weight is 297 g/mol. The third-order valence-electron chi connectivity index (χ3n) is 2.96. The third-order valence-corrected chi connectivity index (χ3v) is 2.96. The lowest BCUT2D eigenvalue weighted by Crippen LogP contribution is -2.21. The number of para-hydroxylation sites is 1. The van der Waals surface area contributed by atoms with Crippen molar-refractivity contribution in [2.24, 2.45) is 0 Å². The zero-order valence-corrected chi connectivity index (χ0v) is 11.8. The first-order valence-electron chi connectivity index (χ1n) is 6.90. The fraction of sp³-hybridized carbons (Fsp3) is 0.118. The van der Waals surface area contributed by atoms with Crippen molar-refractivity contribution >= 4 is 11.6 Å². The lowest BCUT2D eigenvalue weighted by Gasteiger charge is -2.15. The van der Waals surface area contributed by atoms with Gasteiger partial charge in [0, 0.05) is 5.69 Å². The Labute approximate surface area is 128 Å². The number of anilines is 1. The van der Waals surface area contributed by atoms with Crippen molar-refractivity contribution < 1.29 is 19.0 Å². The average Bonchev–Trinajstić information content (AvgIpc) is 2.58. The second-order valence-electron chi connectivity index (χ2n) is 4.59. The van der Waals surface area contributed by atoms with Gasteiger partial charge in [0.05, 0.1) is 0 Å². The number of hydrogen-bond acceptors (Lipinski definition) is 4. The van der Waals surface area contributed by atoms with Crippen LogP contribution in [0.3, 0.4) is 0 Å². The first-order chi connectivity index (χ1) is 10.8. The van der Waals surface area contributed by atoms with Crippen LogP contribution in [0.1, 0.15) is 0 Å². The summed E-state index contributed by atoms with van der Waals surface area (Å²) in [4.78, 5) is 11.9. The molecule has 2 aromatic rings. The summed E-state index contributed by atoms with van der Waals surface area (Å²) in [6.45, 7) is 0.839. The molecule has 0 fully saturated rings. The SMILES string of the molecule is O=C(Nc1ccc(Oc2ccccc2)cc1)C1=COCCO1. The van der Waals surface area contributed by atoms with E-state index in [0.29, 0.717) is 24.7 Å². The van der Waals surface area contributed by atoms with Crippen LogP contribution in [0.5, 0.6) is 11.5 Å². The van der Waals surface area contributed by atoms with Crippen molar-refractivity contribution in [2.75, 3.05) is 18.5 Å². The van der Waals surface area contributed by atoms with E-state index in [1.807, 2.05) is 30.3 Å². The van der Waals surface area contributed by atoms with Gasteiger partial charge in [0.15, 0.2) is 0 Å². The number of carbonyl (C=O) groups is 1. The predicted octanol–water partition coefficient (Wildman–Crippen LogP) is 3.31. The van der Waals surface area contributed by atoms with Gasteiger partial charge in [0.2, 0.25) is 5.76 Å². The predicted molar refractivity (Wildman–Crippen MR) is 81.6 cm³/mol. The number of nitrogens with one attached hydrogen (secondary N) is 1. The fourth-order valence-corrected chi connectivity index (χ4v) is 1.91. The zero-order chi connectivity index (χ0) is 15.2. The Morgan fingerprint density at radius 2 is 1.68 bits per heavy atom. The van der Waals surface area contributed by atoms with Gasteiger partial charge in [0.1, 0.15) is 31.0 Å². The summed E-state index contributed by atoms with van der Waals surface area (Å²) in [6.07, 6.45) is 1.33. The standard InChI is InChI=1S/C17H15NO4/c19-17(16-12-20-10-11-21-16)18-13-6-8-15(9-7-13)22-14-4-2-1-3-5-14/h1-9,12H,10-11H2,(H,18,19). The highest BCUT2D eigenvalue weighted by atomic mass is 16.6. The molecule has 5 nitrogen and oxygen atoms in total. The number of amides is 1. The topological polar surface area (TPSA) is 56.8 Å². The maximum atomic E-state index is 11.9. The van der Waals surface area contributed by atoms with Crippen molar-refractivity contribution in [1.29, 1.82) is 0 Å². The molecule has 0 bridgehead atoms. The van der Waals surface area contributed by atoms with E-state index in [1.165, 1.54) is 6.26 Å². The van der Waals surface area contributed by atoms with Gasteiger partial charge in [-0.2, -0.15) is 0 Å². The monoisotopic (exact) mass is 297 g/mol. The molecule has 2 aromatic carbocycles. The Morgan fingerprint density at radius 3 is 2.36 bits per heavy atom. The summed E-state index contributed by atoms with van der Waals surface area (Å²) >= 11 is 0. The second-order valence-corrected chi connectivity index (χ2v) is 4.59. The van der Waals surface area contributed by atoms with Gasteiger partial charge >= 0.3 is 0 Å². The largest absolute Gasteiger partial charge is 0.494 e. The van der Waals surface area contributed by atoms with Crippen LogP contribution in [0.15, 0.2) is 66.6 Å². The van der Waals surface area contributed by atoms with Crippen molar-refractivity contribution in [2.45, 2.75) is 0 Å². The van der Waals surface area contributed by atoms with Crippen LogP contribution in [0.25, 0.3) is 0 Å². The Balaban J connectivity index is 1.62. The summed E-state index contributed by atoms with van der Waals surface area (Å²) < 4.78 is 16.0. The van der Waals surface area contributed by atoms with Crippen LogP contribution in [0.4, 0.5) is 5.69 Å². The summed E-state index contributed by atoms with van der Waals surface area (Å²) in [5.74, 6) is 1.30. The minimum atomic E-state index is -0.337. The van der Waals surface area contributed by atoms with Crippen LogP contribution >= 0.6 is 0 Å². The van der Waals surface area contributed by atoms with E-state index in [1.54, 1.807) is 24.3 Å². The maximum Gasteiger partial charge on any atom is 0.294 e. The molecule has 5 heteroatoms. The van der Waals surface area contributed by atoms with Crippen LogP contribution in [-0.2, 0) is 14.3 Å². The lowest BCUT2D eigenvalue weighted by atomic mass is 10.3. The van der Waals surface area contributed by atoms with Crippen molar-refractivity contribution in [1.82, 2.24) is 0 Å². The van der Waals surface area contributed by atoms with Crippen LogP contribution in [0.2, 0.25) is 0 Å². The molecule has 0 aliphatic carbocycles. The van der Waals surface area contributed by atoms with E-state index in [0.717, 1.165) is 5.75 Å². The van der Waals surface area contributed by atoms with Gasteiger partial charge < -0.3 is 19.5 Å². The molecule has 112 valence electrons. The van der Waals surface area contributed by atoms with Gasteiger partial charge in [-0.15, -0.1) is 0 Å². The molecular weight excluding hydrogens is 282 g/mol. The number of ether oxygens (including phenoxy) is 3. The molecule has 0 aromatic heterocycles. The van der Waals surface area contributed by atoms with Gasteiger partial charge in [0.25, 0.3) is 5.91 Å². The molecule has 22 heavy (non-hydrogen) atoms. The van der Waals surface area contributed by atoms with E-state index in [-0.39, 0.29) is 11.7 Å². The van der Waals surface area contributed by atoms with E-state index < -0.39 is 0 Å². The first kappa shape index (κ1) is 14.0. The summed E-state index contributed by atoms with van der Waals surface area (Å²) in [5.41, 5.74) is 0.653. The summed E-state index contributed by atoms with van der Waals surface area (Å²) in [6, 6.07) is 16.6. The van der Waals surface area contributed by atoms with Gasteiger partial charge in [-0.05, 0) is 36.4 Å². The number of carbonyl (C=O) groups excluding carboxylic acids is 1. The molecule has 1 aliphatic rings. The van der Waals surface area contributed by atoms with Crippen molar-refractivity contribution in [3.05, 3.63) is 66.6 Å². The molecule has 1 aliphatic heterocycles. The summed E-state index contributed by atoms with van der Waals surface area (Å²) in [5, 5.41) is 2.73. The third kappa shape index (κ3) is 3.58. The second kappa shape index (κ2) is 6.67. The molecule has 0 radical (unpaired) electrons. The quantitative estimate of drug-likeness (QED) is 0.940. The molecule has 1 amide bonds. The highest BCUT2D eigenvalue weighted by molar-refractivity contribution is 6.02. The van der Waals surface area contributed by atoms with Crippen LogP contribution < -0.4 is 10.1 Å². The molecule has 1 N–H and O–H groups in total. The molecule has 1 heterocycles. The van der Waals surface area contributed by atoms with Crippen molar-refractivity contribution in [3.8, 4) is 11.5 Å². The van der Waals surface area contributed by atoms with E-state index in [9.17, 15) is 4.79 Å². The van der Waals surface area contributed by atoms with Gasteiger partial charge in [-0.25, -0.2) is 0 Å². The normalized spacial score (nSPS) is 13.4. The maximum absolute atomic E-state index is 11.9. The van der Waals surface area contributed by atoms with Crippen molar-refractivity contribution in [3.63, 3.8) is 0 Å². The number of hydrogen-bond donors (Lipinski definition) is 1. The Hall–Kier alpha value is -2.95. The summed E-state index contributed by atoms with van der Waals surface area (Å²) in [7, 11) is 0. The molecule has 0 atom stereocenters. The Morgan fingerprint density at radius 1 is 0.955 bits per heavy atom. The highest BCUT2D eigenvalue weighted by Crippen LogP contribution is 2.22. The lowest BCUT2D eigenvalue weighted by molar-refractivity contribution is -0.117. The van der Waals surface area contributed by atoms with E-state index in [2.05, 4.69) is 5.32 Å². The van der Waals surface area contributed by atoms with Gasteiger partial charge in [-0.1, -0.05) is 18.2 Å². The minimum Gasteiger partial charge on any atom is -0.494 e.